The first-order chi connectivity index (χ1) is 6.97. The van der Waals surface area contributed by atoms with Crippen molar-refractivity contribution in [1.82, 2.24) is 0 Å². The predicted octanol–water partition coefficient (Wildman–Crippen LogP) is 5.13. The molecule has 96 valence electrons. The van der Waals surface area contributed by atoms with Crippen LogP contribution >= 0.6 is 15.9 Å². The van der Waals surface area contributed by atoms with Gasteiger partial charge in [0.15, 0.2) is 8.32 Å². The normalized spacial score (nSPS) is 17.0. The summed E-state index contributed by atoms with van der Waals surface area (Å²) in [6, 6.07) is 0. The number of alkyl halides is 1. The molecule has 0 aliphatic carbocycles. The number of hydrogen-bond donors (Lipinski definition) is 0. The maximum absolute atomic E-state index is 6.38. The second kappa shape index (κ2) is 5.83. The Bertz CT molecular complexity index is 241. The molecule has 0 aliphatic heterocycles. The van der Waals surface area contributed by atoms with Crippen molar-refractivity contribution in [2.45, 2.75) is 70.1 Å². The van der Waals surface area contributed by atoms with Gasteiger partial charge in [-0.2, -0.15) is 0 Å². The summed E-state index contributed by atoms with van der Waals surface area (Å²) in [6.45, 7) is 19.7. The van der Waals surface area contributed by atoms with Crippen LogP contribution in [0.4, 0.5) is 0 Å². The molecule has 0 fully saturated rings. The van der Waals surface area contributed by atoms with Crippen molar-refractivity contribution in [2.75, 3.05) is 0 Å². The monoisotopic (exact) mass is 306 g/mol. The Balaban J connectivity index is 4.69. The fourth-order valence-corrected chi connectivity index (χ4v) is 2.88. The van der Waals surface area contributed by atoms with Gasteiger partial charge in [0.2, 0.25) is 0 Å². The van der Waals surface area contributed by atoms with E-state index >= 15 is 0 Å². The van der Waals surface area contributed by atoms with Gasteiger partial charge in [-0.15, -0.1) is 0 Å². The molecular formula is C13H27BrOSi. The van der Waals surface area contributed by atoms with Crippen LogP contribution in [0.5, 0.6) is 0 Å². The molecule has 0 saturated heterocycles. The molecule has 0 spiro atoms. The minimum absolute atomic E-state index is 0.190. The van der Waals surface area contributed by atoms with Gasteiger partial charge in [0.05, 0.1) is 6.10 Å². The van der Waals surface area contributed by atoms with Crippen LogP contribution in [0.15, 0.2) is 12.2 Å². The van der Waals surface area contributed by atoms with Gasteiger partial charge >= 0.3 is 0 Å². The predicted molar refractivity (Wildman–Crippen MR) is 79.9 cm³/mol. The van der Waals surface area contributed by atoms with Crippen LogP contribution in [-0.2, 0) is 4.43 Å². The quantitative estimate of drug-likeness (QED) is 0.389. The molecule has 0 bridgehead atoms. The van der Waals surface area contributed by atoms with Gasteiger partial charge in [-0.1, -0.05) is 55.8 Å². The van der Waals surface area contributed by atoms with Gasteiger partial charge in [0.1, 0.15) is 0 Å². The molecule has 0 rings (SSSR count). The highest BCUT2D eigenvalue weighted by Crippen LogP contribution is 2.38. The molecule has 0 amide bonds. The third-order valence-corrected chi connectivity index (χ3v) is 8.19. The summed E-state index contributed by atoms with van der Waals surface area (Å²) in [4.78, 5) is 0.471. The van der Waals surface area contributed by atoms with Gasteiger partial charge in [0.25, 0.3) is 0 Å². The Morgan fingerprint density at radius 3 is 2.06 bits per heavy atom. The summed E-state index contributed by atoms with van der Waals surface area (Å²) in [5.41, 5.74) is 1.14. The van der Waals surface area contributed by atoms with E-state index in [1.807, 2.05) is 0 Å². The summed E-state index contributed by atoms with van der Waals surface area (Å²) < 4.78 is 6.38. The van der Waals surface area contributed by atoms with Crippen molar-refractivity contribution in [3.05, 3.63) is 12.2 Å². The highest BCUT2D eigenvalue weighted by Gasteiger charge is 2.39. The van der Waals surface area contributed by atoms with Crippen LogP contribution in [0.1, 0.15) is 41.0 Å². The summed E-state index contributed by atoms with van der Waals surface area (Å²) in [5, 5.41) is 0.260. The van der Waals surface area contributed by atoms with E-state index in [1.165, 1.54) is 0 Å². The van der Waals surface area contributed by atoms with E-state index in [-0.39, 0.29) is 11.1 Å². The maximum atomic E-state index is 6.38. The SMILES string of the molecule is C=C(C)C(CC(C)Br)O[Si](C)(C)C(C)(C)C. The van der Waals surface area contributed by atoms with Crippen molar-refractivity contribution in [1.29, 1.82) is 0 Å². The molecule has 1 nitrogen and oxygen atoms in total. The van der Waals surface area contributed by atoms with Crippen LogP contribution in [0.25, 0.3) is 0 Å². The first-order valence-electron chi connectivity index (χ1n) is 5.94. The van der Waals surface area contributed by atoms with Gasteiger partial charge in [0, 0.05) is 4.83 Å². The van der Waals surface area contributed by atoms with Crippen molar-refractivity contribution in [2.24, 2.45) is 0 Å². The largest absolute Gasteiger partial charge is 0.410 e. The highest BCUT2D eigenvalue weighted by molar-refractivity contribution is 9.09. The molecular weight excluding hydrogens is 280 g/mol. The maximum Gasteiger partial charge on any atom is 0.192 e. The van der Waals surface area contributed by atoms with Gasteiger partial charge in [-0.3, -0.25) is 0 Å². The molecule has 0 aromatic rings. The zero-order valence-electron chi connectivity index (χ0n) is 11.9. The first-order valence-corrected chi connectivity index (χ1v) is 9.77. The Hall–Kier alpha value is 0.397. The topological polar surface area (TPSA) is 9.23 Å². The molecule has 2 unspecified atom stereocenters. The van der Waals surface area contributed by atoms with E-state index in [4.69, 9.17) is 4.43 Å². The van der Waals surface area contributed by atoms with E-state index < -0.39 is 8.32 Å². The molecule has 0 aliphatic rings. The molecule has 0 heterocycles. The third kappa shape index (κ3) is 5.15. The van der Waals surface area contributed by atoms with Crippen LogP contribution in [0, 0.1) is 0 Å². The summed E-state index contributed by atoms with van der Waals surface area (Å²) in [7, 11) is -1.68. The van der Waals surface area contributed by atoms with E-state index in [0.29, 0.717) is 4.83 Å². The average Bonchev–Trinajstić information content (AvgIpc) is 1.98. The number of rotatable bonds is 5. The molecule has 0 aromatic heterocycles. The van der Waals surface area contributed by atoms with E-state index in [2.05, 4.69) is 70.2 Å². The standard InChI is InChI=1S/C13H27BrOSi/c1-10(2)12(9-11(3)14)15-16(7,8)13(4,5)6/h11-12H,1,9H2,2-8H3. The van der Waals surface area contributed by atoms with Crippen LogP contribution in [0.3, 0.4) is 0 Å². The lowest BCUT2D eigenvalue weighted by atomic mass is 10.1. The van der Waals surface area contributed by atoms with Crippen molar-refractivity contribution < 1.29 is 4.43 Å². The molecule has 2 atom stereocenters. The Kier molecular flexibility index (Phi) is 5.97. The molecule has 0 radical (unpaired) electrons. The summed E-state index contributed by atoms with van der Waals surface area (Å²) >= 11 is 3.60. The smallest absolute Gasteiger partial charge is 0.192 e. The summed E-state index contributed by atoms with van der Waals surface area (Å²) in [5.74, 6) is 0. The second-order valence-electron chi connectivity index (χ2n) is 6.23. The lowest BCUT2D eigenvalue weighted by Gasteiger charge is -2.39. The van der Waals surface area contributed by atoms with Crippen molar-refractivity contribution >= 4 is 24.2 Å². The fraction of sp³-hybridized carbons (Fsp3) is 0.846. The van der Waals surface area contributed by atoms with E-state index in [9.17, 15) is 0 Å². The minimum atomic E-state index is -1.68. The van der Waals surface area contributed by atoms with Gasteiger partial charge in [-0.25, -0.2) is 0 Å². The fourth-order valence-electron chi connectivity index (χ4n) is 1.18. The number of hydrogen-bond acceptors (Lipinski definition) is 1. The highest BCUT2D eigenvalue weighted by atomic mass is 79.9. The van der Waals surface area contributed by atoms with Crippen LogP contribution < -0.4 is 0 Å². The van der Waals surface area contributed by atoms with Crippen molar-refractivity contribution in [3.63, 3.8) is 0 Å². The summed E-state index contributed by atoms with van der Waals surface area (Å²) in [6.07, 6.45) is 1.19. The lowest BCUT2D eigenvalue weighted by Crippen LogP contribution is -2.44. The Morgan fingerprint density at radius 2 is 1.81 bits per heavy atom. The van der Waals surface area contributed by atoms with Crippen LogP contribution in [0.2, 0.25) is 18.1 Å². The molecule has 0 saturated carbocycles. The van der Waals surface area contributed by atoms with Crippen LogP contribution in [-0.4, -0.2) is 19.2 Å². The average molecular weight is 307 g/mol. The third-order valence-electron chi connectivity index (χ3n) is 3.33. The zero-order valence-corrected chi connectivity index (χ0v) is 14.4. The number of halogens is 1. The second-order valence-corrected chi connectivity index (χ2v) is 12.5. The molecule has 0 aromatic carbocycles. The molecule has 16 heavy (non-hydrogen) atoms. The molecule has 3 heteroatoms. The zero-order chi connectivity index (χ0) is 13.1. The van der Waals surface area contributed by atoms with Gasteiger partial charge in [-0.05, 0) is 31.5 Å². The van der Waals surface area contributed by atoms with E-state index in [1.54, 1.807) is 0 Å². The lowest BCUT2D eigenvalue weighted by molar-refractivity contribution is 0.205. The first kappa shape index (κ1) is 16.4. The Labute approximate surface area is 111 Å². The minimum Gasteiger partial charge on any atom is -0.410 e. The van der Waals surface area contributed by atoms with E-state index in [0.717, 1.165) is 12.0 Å². The van der Waals surface area contributed by atoms with Crippen molar-refractivity contribution in [3.8, 4) is 0 Å². The Morgan fingerprint density at radius 1 is 1.38 bits per heavy atom. The van der Waals surface area contributed by atoms with Gasteiger partial charge < -0.3 is 4.43 Å². The molecule has 0 N–H and O–H groups in total.